The Morgan fingerprint density at radius 1 is 1.53 bits per heavy atom. The molecule has 1 fully saturated rings. The Hall–Kier alpha value is -1.91. The van der Waals surface area contributed by atoms with Gasteiger partial charge in [-0.2, -0.15) is 0 Å². The third kappa shape index (κ3) is 1.88. The van der Waals surface area contributed by atoms with Crippen LogP contribution in [0.15, 0.2) is 21.3 Å². The fourth-order valence-corrected chi connectivity index (χ4v) is 1.86. The standard InChI is InChI=1S/C12H15N3O2/c1-12(2-3-12)6-14-8-5-9-10(4-7(8)13)17-11(16)15-9/h4-5,14H,2-3,6,13H2,1H3,(H,15,16). The average Bonchev–Trinajstić information content (AvgIpc) is 2.88. The molecule has 3 rings (SSSR count). The van der Waals surface area contributed by atoms with Crippen LogP contribution in [0.25, 0.3) is 11.1 Å². The number of rotatable bonds is 3. The van der Waals surface area contributed by atoms with Crippen molar-refractivity contribution in [1.82, 2.24) is 4.98 Å². The summed E-state index contributed by atoms with van der Waals surface area (Å²) >= 11 is 0. The first-order valence-electron chi connectivity index (χ1n) is 5.72. The number of hydrogen-bond donors (Lipinski definition) is 3. The van der Waals surface area contributed by atoms with Crippen LogP contribution in [0.4, 0.5) is 11.4 Å². The van der Waals surface area contributed by atoms with Crippen molar-refractivity contribution < 1.29 is 4.42 Å². The highest BCUT2D eigenvalue weighted by molar-refractivity contribution is 5.85. The topological polar surface area (TPSA) is 84.0 Å². The Bertz CT molecular complexity index is 622. The average molecular weight is 233 g/mol. The maximum absolute atomic E-state index is 11.1. The Morgan fingerprint density at radius 2 is 2.29 bits per heavy atom. The molecular weight excluding hydrogens is 218 g/mol. The fraction of sp³-hybridized carbons (Fsp3) is 0.417. The van der Waals surface area contributed by atoms with Gasteiger partial charge in [-0.25, -0.2) is 4.79 Å². The van der Waals surface area contributed by atoms with Crippen molar-refractivity contribution in [3.8, 4) is 0 Å². The molecule has 0 saturated heterocycles. The summed E-state index contributed by atoms with van der Waals surface area (Å²) < 4.78 is 4.94. The molecule has 0 bridgehead atoms. The molecule has 1 heterocycles. The Labute approximate surface area is 98.0 Å². The molecule has 1 saturated carbocycles. The number of fused-ring (bicyclic) bond motifs is 1. The number of nitrogen functional groups attached to an aromatic ring is 1. The number of hydrogen-bond acceptors (Lipinski definition) is 4. The van der Waals surface area contributed by atoms with Crippen LogP contribution in [-0.2, 0) is 0 Å². The number of H-pyrrole nitrogens is 1. The van der Waals surface area contributed by atoms with Crippen LogP contribution >= 0.6 is 0 Å². The third-order valence-electron chi connectivity index (χ3n) is 3.40. The molecular formula is C12H15N3O2. The smallest absolute Gasteiger partial charge is 0.408 e. The molecule has 0 aliphatic heterocycles. The second kappa shape index (κ2) is 3.29. The molecule has 17 heavy (non-hydrogen) atoms. The van der Waals surface area contributed by atoms with E-state index in [1.165, 1.54) is 12.8 Å². The Balaban J connectivity index is 1.92. The Morgan fingerprint density at radius 3 is 3.00 bits per heavy atom. The van der Waals surface area contributed by atoms with Gasteiger partial charge in [-0.3, -0.25) is 4.98 Å². The quantitative estimate of drug-likeness (QED) is 0.707. The first-order chi connectivity index (χ1) is 8.06. The molecule has 0 radical (unpaired) electrons. The van der Waals surface area contributed by atoms with Crippen LogP contribution in [0.1, 0.15) is 19.8 Å². The van der Waals surface area contributed by atoms with E-state index in [0.29, 0.717) is 22.2 Å². The normalized spacial score (nSPS) is 17.2. The lowest BCUT2D eigenvalue weighted by atomic mass is 10.1. The van der Waals surface area contributed by atoms with Gasteiger partial charge in [-0.05, 0) is 24.3 Å². The maximum Gasteiger partial charge on any atom is 0.417 e. The van der Waals surface area contributed by atoms with Gasteiger partial charge < -0.3 is 15.5 Å². The maximum atomic E-state index is 11.1. The molecule has 0 unspecified atom stereocenters. The van der Waals surface area contributed by atoms with E-state index in [-0.39, 0.29) is 0 Å². The summed E-state index contributed by atoms with van der Waals surface area (Å²) in [5.41, 5.74) is 8.94. The van der Waals surface area contributed by atoms with Gasteiger partial charge in [0.2, 0.25) is 0 Å². The third-order valence-corrected chi connectivity index (χ3v) is 3.40. The highest BCUT2D eigenvalue weighted by Crippen LogP contribution is 2.45. The first-order valence-corrected chi connectivity index (χ1v) is 5.72. The number of aromatic nitrogens is 1. The molecule has 1 aromatic heterocycles. The summed E-state index contributed by atoms with van der Waals surface area (Å²) in [7, 11) is 0. The van der Waals surface area contributed by atoms with E-state index in [1.807, 2.05) is 6.07 Å². The zero-order chi connectivity index (χ0) is 12.0. The van der Waals surface area contributed by atoms with Crippen LogP contribution in [-0.4, -0.2) is 11.5 Å². The molecule has 5 nitrogen and oxygen atoms in total. The van der Waals surface area contributed by atoms with Gasteiger partial charge in [0.25, 0.3) is 0 Å². The van der Waals surface area contributed by atoms with Gasteiger partial charge in [-0.15, -0.1) is 0 Å². The minimum absolute atomic E-state index is 0.408. The number of aromatic amines is 1. The van der Waals surface area contributed by atoms with Gasteiger partial charge in [0.15, 0.2) is 5.58 Å². The predicted molar refractivity (Wildman–Crippen MR) is 67.1 cm³/mol. The largest absolute Gasteiger partial charge is 0.417 e. The van der Waals surface area contributed by atoms with E-state index in [9.17, 15) is 4.79 Å². The predicted octanol–water partition coefficient (Wildman–Crippen LogP) is 1.92. The second-order valence-electron chi connectivity index (χ2n) is 5.11. The zero-order valence-corrected chi connectivity index (χ0v) is 9.67. The molecule has 4 N–H and O–H groups in total. The number of nitrogens with one attached hydrogen (secondary N) is 2. The molecule has 90 valence electrons. The highest BCUT2D eigenvalue weighted by atomic mass is 16.4. The molecule has 0 atom stereocenters. The van der Waals surface area contributed by atoms with E-state index >= 15 is 0 Å². The summed E-state index contributed by atoms with van der Waals surface area (Å²) in [6, 6.07) is 3.49. The Kier molecular flexibility index (Phi) is 1.98. The molecule has 2 aromatic rings. The minimum Gasteiger partial charge on any atom is -0.408 e. The van der Waals surface area contributed by atoms with Crippen molar-refractivity contribution >= 4 is 22.5 Å². The molecule has 1 aliphatic carbocycles. The van der Waals surface area contributed by atoms with Crippen LogP contribution < -0.4 is 16.8 Å². The van der Waals surface area contributed by atoms with Crippen molar-refractivity contribution in [1.29, 1.82) is 0 Å². The van der Waals surface area contributed by atoms with Gasteiger partial charge in [0.05, 0.1) is 16.9 Å². The second-order valence-corrected chi connectivity index (χ2v) is 5.11. The summed E-state index contributed by atoms with van der Waals surface area (Å²) in [5.74, 6) is -0.453. The van der Waals surface area contributed by atoms with Gasteiger partial charge in [-0.1, -0.05) is 6.92 Å². The lowest BCUT2D eigenvalue weighted by Crippen LogP contribution is -2.12. The summed E-state index contributed by atoms with van der Waals surface area (Å²) in [4.78, 5) is 13.7. The summed E-state index contributed by atoms with van der Waals surface area (Å²) in [6.07, 6.45) is 2.51. The monoisotopic (exact) mass is 233 g/mol. The van der Waals surface area contributed by atoms with E-state index in [1.54, 1.807) is 6.07 Å². The van der Waals surface area contributed by atoms with Crippen LogP contribution in [0, 0.1) is 5.41 Å². The van der Waals surface area contributed by atoms with Crippen molar-refractivity contribution in [3.63, 3.8) is 0 Å². The van der Waals surface area contributed by atoms with E-state index in [0.717, 1.165) is 12.2 Å². The van der Waals surface area contributed by atoms with E-state index in [4.69, 9.17) is 10.2 Å². The van der Waals surface area contributed by atoms with Crippen molar-refractivity contribution in [2.24, 2.45) is 5.41 Å². The molecule has 1 aliphatic rings. The van der Waals surface area contributed by atoms with Gasteiger partial charge >= 0.3 is 5.76 Å². The fourth-order valence-electron chi connectivity index (χ4n) is 1.86. The van der Waals surface area contributed by atoms with Crippen molar-refractivity contribution in [2.75, 3.05) is 17.6 Å². The van der Waals surface area contributed by atoms with Crippen molar-refractivity contribution in [2.45, 2.75) is 19.8 Å². The number of oxazole rings is 1. The van der Waals surface area contributed by atoms with Gasteiger partial charge in [0, 0.05) is 12.6 Å². The molecule has 0 spiro atoms. The number of benzene rings is 1. The molecule has 5 heteroatoms. The lowest BCUT2D eigenvalue weighted by molar-refractivity contribution is 0.555. The van der Waals surface area contributed by atoms with Crippen molar-refractivity contribution in [3.05, 3.63) is 22.7 Å². The summed E-state index contributed by atoms with van der Waals surface area (Å²) in [5, 5.41) is 3.33. The number of anilines is 2. The molecule has 0 amide bonds. The van der Waals surface area contributed by atoms with Crippen LogP contribution in [0.5, 0.6) is 0 Å². The number of nitrogens with two attached hydrogens (primary N) is 1. The zero-order valence-electron chi connectivity index (χ0n) is 9.67. The highest BCUT2D eigenvalue weighted by Gasteiger charge is 2.36. The minimum atomic E-state index is -0.453. The SMILES string of the molecule is CC1(CNc2cc3[nH]c(=O)oc3cc2N)CC1. The lowest BCUT2D eigenvalue weighted by Gasteiger charge is -2.13. The van der Waals surface area contributed by atoms with Crippen LogP contribution in [0.2, 0.25) is 0 Å². The van der Waals surface area contributed by atoms with E-state index < -0.39 is 5.76 Å². The molecule has 1 aromatic carbocycles. The van der Waals surface area contributed by atoms with Gasteiger partial charge in [0.1, 0.15) is 0 Å². The van der Waals surface area contributed by atoms with E-state index in [2.05, 4.69) is 17.2 Å². The first kappa shape index (κ1) is 10.3. The summed E-state index contributed by atoms with van der Waals surface area (Å²) in [6.45, 7) is 3.15. The van der Waals surface area contributed by atoms with Crippen LogP contribution in [0.3, 0.4) is 0 Å².